The van der Waals surface area contributed by atoms with E-state index in [0.717, 1.165) is 4.90 Å². The molecule has 100 valence electrons. The van der Waals surface area contributed by atoms with Crippen molar-refractivity contribution >= 4 is 33.0 Å². The first-order valence-electron chi connectivity index (χ1n) is 5.35. The van der Waals surface area contributed by atoms with Crippen LogP contribution in [0.2, 0.25) is 0 Å². The lowest BCUT2D eigenvalue weighted by Gasteiger charge is -2.14. The topological polar surface area (TPSA) is 109 Å². The van der Waals surface area contributed by atoms with Gasteiger partial charge in [-0.15, -0.1) is 3.89 Å². The van der Waals surface area contributed by atoms with Gasteiger partial charge in [0.1, 0.15) is 17.4 Å². The first-order chi connectivity index (χ1) is 8.97. The molecule has 19 heavy (non-hydrogen) atoms. The standard InChI is InChI=1S/C9H8FN5O3S/c10-19(17,18)5-1-7(16)15(3-5)9-6-2-13-14-8(6)11-4-12-9/h2,4-5H,1,3H2,(H,11,12,13,14). The van der Waals surface area contributed by atoms with Crippen LogP contribution in [0.5, 0.6) is 0 Å². The van der Waals surface area contributed by atoms with Crippen LogP contribution in [0.15, 0.2) is 12.5 Å². The summed E-state index contributed by atoms with van der Waals surface area (Å²) in [6.45, 7) is -0.255. The van der Waals surface area contributed by atoms with Gasteiger partial charge in [-0.25, -0.2) is 9.97 Å². The molecule has 0 spiro atoms. The van der Waals surface area contributed by atoms with E-state index < -0.39 is 21.4 Å². The fraction of sp³-hybridized carbons (Fsp3) is 0.333. The summed E-state index contributed by atoms with van der Waals surface area (Å²) in [7, 11) is -4.75. The number of hydrogen-bond acceptors (Lipinski definition) is 6. The van der Waals surface area contributed by atoms with E-state index in [9.17, 15) is 17.1 Å². The number of aromatic amines is 1. The molecule has 0 bridgehead atoms. The Hall–Kier alpha value is -2.10. The summed E-state index contributed by atoms with van der Waals surface area (Å²) in [5, 5.41) is 5.51. The number of carbonyl (C=O) groups excluding carboxylic acids is 1. The van der Waals surface area contributed by atoms with E-state index in [4.69, 9.17) is 0 Å². The van der Waals surface area contributed by atoms with Crippen LogP contribution in [0.4, 0.5) is 9.70 Å². The van der Waals surface area contributed by atoms with Crippen LogP contribution in [-0.4, -0.2) is 46.3 Å². The van der Waals surface area contributed by atoms with Gasteiger partial charge < -0.3 is 0 Å². The van der Waals surface area contributed by atoms with E-state index in [-0.39, 0.29) is 18.8 Å². The zero-order valence-corrected chi connectivity index (χ0v) is 10.3. The molecule has 1 unspecified atom stereocenters. The molecule has 0 radical (unpaired) electrons. The molecule has 1 saturated heterocycles. The fourth-order valence-corrected chi connectivity index (χ4v) is 2.70. The SMILES string of the molecule is O=C1CC(S(=O)(=O)F)CN1c1ncnc2[nH]ncc12. The van der Waals surface area contributed by atoms with Gasteiger partial charge in [0.05, 0.1) is 11.6 Å². The lowest BCUT2D eigenvalue weighted by Crippen LogP contribution is -2.27. The Morgan fingerprint density at radius 2 is 2.21 bits per heavy atom. The van der Waals surface area contributed by atoms with Gasteiger partial charge in [-0.3, -0.25) is 14.8 Å². The Labute approximate surface area is 106 Å². The second kappa shape index (κ2) is 3.95. The van der Waals surface area contributed by atoms with E-state index in [2.05, 4.69) is 20.2 Å². The molecule has 0 saturated carbocycles. The minimum Gasteiger partial charge on any atom is -0.295 e. The minimum absolute atomic E-state index is 0.231. The van der Waals surface area contributed by atoms with E-state index in [1.54, 1.807) is 0 Å². The highest BCUT2D eigenvalue weighted by molar-refractivity contribution is 7.87. The maximum absolute atomic E-state index is 13.0. The normalized spacial score (nSPS) is 20.4. The number of aromatic nitrogens is 4. The van der Waals surface area contributed by atoms with Crippen LogP contribution in [0.25, 0.3) is 11.0 Å². The second-order valence-electron chi connectivity index (χ2n) is 4.14. The number of nitrogens with one attached hydrogen (secondary N) is 1. The van der Waals surface area contributed by atoms with E-state index in [1.165, 1.54) is 12.5 Å². The Bertz CT molecular complexity index is 758. The maximum atomic E-state index is 13.0. The summed E-state index contributed by atoms with van der Waals surface area (Å²) < 4.78 is 34.7. The Morgan fingerprint density at radius 3 is 2.89 bits per heavy atom. The molecule has 1 N–H and O–H groups in total. The number of fused-ring (bicyclic) bond motifs is 1. The van der Waals surface area contributed by atoms with Gasteiger partial charge in [0.2, 0.25) is 5.91 Å². The van der Waals surface area contributed by atoms with Gasteiger partial charge in [0, 0.05) is 13.0 Å². The molecule has 1 amide bonds. The van der Waals surface area contributed by atoms with Crippen molar-refractivity contribution in [2.24, 2.45) is 0 Å². The first-order valence-corrected chi connectivity index (χ1v) is 6.79. The average Bonchev–Trinajstić information content (AvgIpc) is 2.93. The van der Waals surface area contributed by atoms with Crippen molar-refractivity contribution in [3.63, 3.8) is 0 Å². The molecule has 2 aromatic heterocycles. The highest BCUT2D eigenvalue weighted by Gasteiger charge is 2.40. The first kappa shape index (κ1) is 12.0. The number of nitrogens with zero attached hydrogens (tertiary/aromatic N) is 4. The number of carbonyl (C=O) groups is 1. The molecule has 8 nitrogen and oxygen atoms in total. The third kappa shape index (κ3) is 1.93. The highest BCUT2D eigenvalue weighted by atomic mass is 32.3. The molecule has 1 aliphatic rings. The number of anilines is 1. The van der Waals surface area contributed by atoms with Crippen LogP contribution in [0.1, 0.15) is 6.42 Å². The third-order valence-electron chi connectivity index (χ3n) is 2.97. The van der Waals surface area contributed by atoms with Gasteiger partial charge in [-0.05, 0) is 0 Å². The molecule has 3 rings (SSSR count). The predicted molar refractivity (Wildman–Crippen MR) is 62.5 cm³/mol. The van der Waals surface area contributed by atoms with Crippen LogP contribution in [0, 0.1) is 0 Å². The molecule has 1 aliphatic heterocycles. The van der Waals surface area contributed by atoms with Crippen molar-refractivity contribution in [3.05, 3.63) is 12.5 Å². The summed E-state index contributed by atoms with van der Waals surface area (Å²) >= 11 is 0. The fourth-order valence-electron chi connectivity index (χ4n) is 2.04. The number of halogens is 1. The van der Waals surface area contributed by atoms with Crippen molar-refractivity contribution in [2.75, 3.05) is 11.4 Å². The van der Waals surface area contributed by atoms with Crippen LogP contribution in [-0.2, 0) is 15.0 Å². The lowest BCUT2D eigenvalue weighted by molar-refractivity contribution is -0.117. The Morgan fingerprint density at radius 1 is 1.42 bits per heavy atom. The van der Waals surface area contributed by atoms with Crippen LogP contribution in [0.3, 0.4) is 0 Å². The molecule has 0 aromatic carbocycles. The molecular formula is C9H8FN5O3S. The smallest absolute Gasteiger partial charge is 0.295 e. The molecule has 0 aliphatic carbocycles. The Balaban J connectivity index is 2.04. The van der Waals surface area contributed by atoms with Crippen molar-refractivity contribution in [1.82, 2.24) is 20.2 Å². The van der Waals surface area contributed by atoms with Gasteiger partial charge in [0.25, 0.3) is 0 Å². The van der Waals surface area contributed by atoms with Gasteiger partial charge in [-0.1, -0.05) is 0 Å². The third-order valence-corrected chi connectivity index (χ3v) is 4.08. The van der Waals surface area contributed by atoms with Crippen LogP contribution >= 0.6 is 0 Å². The van der Waals surface area contributed by atoms with Crippen LogP contribution < -0.4 is 4.90 Å². The lowest BCUT2D eigenvalue weighted by atomic mass is 10.3. The molecule has 1 fully saturated rings. The van der Waals surface area contributed by atoms with Crippen molar-refractivity contribution in [3.8, 4) is 0 Å². The molecule has 2 aromatic rings. The zero-order chi connectivity index (χ0) is 13.6. The minimum atomic E-state index is -4.75. The highest BCUT2D eigenvalue weighted by Crippen LogP contribution is 2.28. The van der Waals surface area contributed by atoms with E-state index in [1.807, 2.05) is 0 Å². The number of hydrogen-bond donors (Lipinski definition) is 1. The summed E-state index contributed by atoms with van der Waals surface area (Å²) in [6, 6.07) is 0. The maximum Gasteiger partial charge on any atom is 0.307 e. The second-order valence-corrected chi connectivity index (χ2v) is 5.75. The number of rotatable bonds is 2. The summed E-state index contributed by atoms with van der Waals surface area (Å²) in [6.07, 6.45) is 2.26. The zero-order valence-electron chi connectivity index (χ0n) is 9.45. The Kier molecular flexibility index (Phi) is 2.49. The van der Waals surface area contributed by atoms with Crippen molar-refractivity contribution < 1.29 is 17.1 Å². The largest absolute Gasteiger partial charge is 0.307 e. The summed E-state index contributed by atoms with van der Waals surface area (Å²) in [5.74, 6) is -0.262. The molecule has 10 heteroatoms. The molecule has 3 heterocycles. The van der Waals surface area contributed by atoms with Crippen molar-refractivity contribution in [2.45, 2.75) is 11.7 Å². The van der Waals surface area contributed by atoms with Gasteiger partial charge in [0.15, 0.2) is 5.65 Å². The number of H-pyrrole nitrogens is 1. The molecule has 1 atom stereocenters. The van der Waals surface area contributed by atoms with Gasteiger partial charge >= 0.3 is 10.2 Å². The quantitative estimate of drug-likeness (QED) is 0.762. The average molecular weight is 285 g/mol. The van der Waals surface area contributed by atoms with Gasteiger partial charge in [-0.2, -0.15) is 13.5 Å². The summed E-state index contributed by atoms with van der Waals surface area (Å²) in [4.78, 5) is 20.8. The summed E-state index contributed by atoms with van der Waals surface area (Å²) in [5.41, 5.74) is 0.421. The van der Waals surface area contributed by atoms with E-state index >= 15 is 0 Å². The number of amides is 1. The van der Waals surface area contributed by atoms with E-state index in [0.29, 0.717) is 11.0 Å². The van der Waals surface area contributed by atoms with Crippen molar-refractivity contribution in [1.29, 1.82) is 0 Å². The molecular weight excluding hydrogens is 277 g/mol. The monoisotopic (exact) mass is 285 g/mol. The predicted octanol–water partition coefficient (Wildman–Crippen LogP) is -0.243.